The van der Waals surface area contributed by atoms with Crippen molar-refractivity contribution >= 4 is 17.5 Å². The van der Waals surface area contributed by atoms with Gasteiger partial charge in [0.15, 0.2) is 5.78 Å². The van der Waals surface area contributed by atoms with Crippen LogP contribution in [0.1, 0.15) is 30.1 Å². The Balaban J connectivity index is 1.62. The molecule has 0 radical (unpaired) electrons. The first-order valence-electron chi connectivity index (χ1n) is 8.13. The number of hydrogen-bond donors (Lipinski definition) is 2. The predicted molar refractivity (Wildman–Crippen MR) is 87.6 cm³/mol. The third-order valence-electron chi connectivity index (χ3n) is 4.68. The highest BCUT2D eigenvalue weighted by atomic mass is 16.3. The third kappa shape index (κ3) is 3.54. The second kappa shape index (κ2) is 6.68. The maximum absolute atomic E-state index is 12.4. The van der Waals surface area contributed by atoms with Crippen LogP contribution in [-0.4, -0.2) is 65.0 Å². The fourth-order valence-electron chi connectivity index (χ4n) is 3.39. The lowest BCUT2D eigenvalue weighted by Crippen LogP contribution is -2.41. The van der Waals surface area contributed by atoms with Crippen molar-refractivity contribution in [2.45, 2.75) is 31.9 Å². The van der Waals surface area contributed by atoms with Crippen LogP contribution in [0, 0.1) is 0 Å². The molecule has 0 aromatic heterocycles. The zero-order valence-electron chi connectivity index (χ0n) is 13.4. The lowest BCUT2D eigenvalue weighted by Gasteiger charge is -2.25. The van der Waals surface area contributed by atoms with Gasteiger partial charge in [-0.1, -0.05) is 12.1 Å². The lowest BCUT2D eigenvalue weighted by molar-refractivity contribution is 0.0980. The van der Waals surface area contributed by atoms with Crippen molar-refractivity contribution in [2.24, 2.45) is 0 Å². The van der Waals surface area contributed by atoms with Gasteiger partial charge in [0.25, 0.3) is 0 Å². The molecule has 6 heteroatoms. The number of aliphatic hydroxyl groups excluding tert-OH is 1. The van der Waals surface area contributed by atoms with E-state index in [1.165, 1.54) is 6.92 Å². The van der Waals surface area contributed by atoms with Gasteiger partial charge < -0.3 is 15.3 Å². The number of aliphatic hydroxyl groups is 1. The van der Waals surface area contributed by atoms with E-state index in [0.717, 1.165) is 25.9 Å². The Morgan fingerprint density at radius 3 is 2.65 bits per heavy atom. The molecule has 0 saturated carbocycles. The van der Waals surface area contributed by atoms with Crippen LogP contribution in [0.2, 0.25) is 0 Å². The third-order valence-corrected chi connectivity index (χ3v) is 4.68. The number of anilines is 1. The largest absolute Gasteiger partial charge is 0.390 e. The van der Waals surface area contributed by atoms with Gasteiger partial charge in [0, 0.05) is 17.8 Å². The smallest absolute Gasteiger partial charge is 0.321 e. The van der Waals surface area contributed by atoms with Crippen molar-refractivity contribution in [2.75, 3.05) is 31.5 Å². The number of amides is 2. The van der Waals surface area contributed by atoms with Gasteiger partial charge in [0.05, 0.1) is 18.7 Å². The zero-order valence-corrected chi connectivity index (χ0v) is 13.4. The van der Waals surface area contributed by atoms with Crippen molar-refractivity contribution in [1.29, 1.82) is 0 Å². The molecule has 124 valence electrons. The molecule has 2 aliphatic heterocycles. The van der Waals surface area contributed by atoms with E-state index in [4.69, 9.17) is 0 Å². The minimum absolute atomic E-state index is 0.0341. The second-order valence-electron chi connectivity index (χ2n) is 6.35. The molecule has 2 saturated heterocycles. The lowest BCUT2D eigenvalue weighted by atomic mass is 10.1. The molecule has 0 bridgehead atoms. The van der Waals surface area contributed by atoms with Crippen LogP contribution >= 0.6 is 0 Å². The molecule has 2 fully saturated rings. The summed E-state index contributed by atoms with van der Waals surface area (Å²) in [6, 6.07) is 6.71. The van der Waals surface area contributed by atoms with Gasteiger partial charge in [-0.2, -0.15) is 0 Å². The summed E-state index contributed by atoms with van der Waals surface area (Å²) < 4.78 is 0. The van der Waals surface area contributed by atoms with Crippen molar-refractivity contribution in [3.63, 3.8) is 0 Å². The molecule has 1 aromatic carbocycles. The van der Waals surface area contributed by atoms with E-state index in [9.17, 15) is 14.7 Å². The number of carbonyl (C=O) groups is 2. The maximum atomic E-state index is 12.4. The monoisotopic (exact) mass is 317 g/mol. The number of rotatable bonds is 3. The quantitative estimate of drug-likeness (QED) is 0.830. The fraction of sp³-hybridized carbons (Fsp3) is 0.529. The molecule has 2 atom stereocenters. The molecule has 3 rings (SSSR count). The van der Waals surface area contributed by atoms with Crippen LogP contribution in [0.4, 0.5) is 10.5 Å². The number of β-amino-alcohol motifs (C(OH)–C–C–N with tert-alkyl or cyclic N) is 1. The zero-order chi connectivity index (χ0) is 16.4. The molecule has 0 aliphatic carbocycles. The molecule has 2 aliphatic rings. The van der Waals surface area contributed by atoms with E-state index in [1.54, 1.807) is 29.2 Å². The number of nitrogens with one attached hydrogen (secondary N) is 1. The minimum Gasteiger partial charge on any atom is -0.390 e. The fourth-order valence-corrected chi connectivity index (χ4v) is 3.39. The van der Waals surface area contributed by atoms with Crippen molar-refractivity contribution in [3.8, 4) is 0 Å². The number of benzene rings is 1. The molecule has 0 unspecified atom stereocenters. The average molecular weight is 317 g/mol. The van der Waals surface area contributed by atoms with Gasteiger partial charge in [-0.25, -0.2) is 4.79 Å². The number of nitrogens with zero attached hydrogens (tertiary/aromatic N) is 2. The molecule has 2 amide bonds. The van der Waals surface area contributed by atoms with E-state index in [-0.39, 0.29) is 17.9 Å². The molecule has 6 nitrogen and oxygen atoms in total. The molecule has 23 heavy (non-hydrogen) atoms. The van der Waals surface area contributed by atoms with Gasteiger partial charge >= 0.3 is 6.03 Å². The number of likely N-dealkylation sites (tertiary alicyclic amines) is 2. The predicted octanol–water partition coefficient (Wildman–Crippen LogP) is 1.56. The summed E-state index contributed by atoms with van der Waals surface area (Å²) in [7, 11) is 0. The first-order chi connectivity index (χ1) is 11.0. The standard InChI is InChI=1S/C17H23N3O3/c1-12(21)13-5-4-6-14(9-13)18-17(23)20-10-15(16(22)11-20)19-7-2-3-8-19/h4-6,9,15-16,22H,2-3,7-8,10-11H2,1H3,(H,18,23)/t15-,16-/m1/s1. The van der Waals surface area contributed by atoms with Crippen molar-refractivity contribution < 1.29 is 14.7 Å². The summed E-state index contributed by atoms with van der Waals surface area (Å²) in [5.41, 5.74) is 1.17. The van der Waals surface area contributed by atoms with Crippen LogP contribution < -0.4 is 5.32 Å². The van der Waals surface area contributed by atoms with E-state index in [2.05, 4.69) is 10.2 Å². The summed E-state index contributed by atoms with van der Waals surface area (Å²) in [4.78, 5) is 27.7. The van der Waals surface area contributed by atoms with Crippen LogP contribution in [0.3, 0.4) is 0 Å². The van der Waals surface area contributed by atoms with Crippen LogP contribution in [0.25, 0.3) is 0 Å². The highest BCUT2D eigenvalue weighted by molar-refractivity contribution is 5.96. The minimum atomic E-state index is -0.498. The molecule has 2 N–H and O–H groups in total. The summed E-state index contributed by atoms with van der Waals surface area (Å²) in [6.45, 7) is 4.38. The SMILES string of the molecule is CC(=O)c1cccc(NC(=O)N2C[C@@H](O)[C@H](N3CCCC3)C2)c1. The van der Waals surface area contributed by atoms with Gasteiger partial charge in [0.1, 0.15) is 0 Å². The van der Waals surface area contributed by atoms with Gasteiger partial charge in [-0.05, 0) is 45.0 Å². The second-order valence-corrected chi connectivity index (χ2v) is 6.35. The Hall–Kier alpha value is -1.92. The number of carbonyl (C=O) groups excluding carboxylic acids is 2. The van der Waals surface area contributed by atoms with Crippen LogP contribution in [-0.2, 0) is 0 Å². The van der Waals surface area contributed by atoms with Gasteiger partial charge in [0.2, 0.25) is 0 Å². The Morgan fingerprint density at radius 1 is 1.22 bits per heavy atom. The first-order valence-corrected chi connectivity index (χ1v) is 8.13. The summed E-state index contributed by atoms with van der Waals surface area (Å²) in [6.07, 6.45) is 1.82. The van der Waals surface area contributed by atoms with Crippen LogP contribution in [0.5, 0.6) is 0 Å². The number of Topliss-reactive ketones (excluding diaryl/α,β-unsaturated/α-hetero) is 1. The van der Waals surface area contributed by atoms with Crippen molar-refractivity contribution in [3.05, 3.63) is 29.8 Å². The van der Waals surface area contributed by atoms with Gasteiger partial charge in [-0.15, -0.1) is 0 Å². The Bertz CT molecular complexity index is 599. The number of ketones is 1. The highest BCUT2D eigenvalue weighted by Gasteiger charge is 2.38. The molecule has 0 spiro atoms. The number of urea groups is 1. The molecule has 1 aromatic rings. The topological polar surface area (TPSA) is 72.9 Å². The highest BCUT2D eigenvalue weighted by Crippen LogP contribution is 2.22. The van der Waals surface area contributed by atoms with Crippen molar-refractivity contribution in [1.82, 2.24) is 9.80 Å². The first kappa shape index (κ1) is 16.0. The Morgan fingerprint density at radius 2 is 1.96 bits per heavy atom. The summed E-state index contributed by atoms with van der Waals surface area (Å²) in [5, 5.41) is 13.1. The van der Waals surface area contributed by atoms with E-state index >= 15 is 0 Å². The maximum Gasteiger partial charge on any atom is 0.321 e. The Kier molecular flexibility index (Phi) is 4.63. The van der Waals surface area contributed by atoms with E-state index in [0.29, 0.717) is 24.3 Å². The average Bonchev–Trinajstić information content (AvgIpc) is 3.16. The molecular weight excluding hydrogens is 294 g/mol. The molecule has 2 heterocycles. The van der Waals surface area contributed by atoms with E-state index < -0.39 is 6.10 Å². The van der Waals surface area contributed by atoms with Crippen LogP contribution in [0.15, 0.2) is 24.3 Å². The molecular formula is C17H23N3O3. The Labute approximate surface area is 136 Å². The van der Waals surface area contributed by atoms with Gasteiger partial charge in [-0.3, -0.25) is 9.69 Å². The summed E-state index contributed by atoms with van der Waals surface area (Å²) in [5.74, 6) is -0.0354. The number of hydrogen-bond acceptors (Lipinski definition) is 4. The summed E-state index contributed by atoms with van der Waals surface area (Å²) >= 11 is 0. The normalized spacial score (nSPS) is 24.9. The van der Waals surface area contributed by atoms with E-state index in [1.807, 2.05) is 0 Å².